The third kappa shape index (κ3) is 3.40. The summed E-state index contributed by atoms with van der Waals surface area (Å²) in [5.41, 5.74) is 0. The van der Waals surface area contributed by atoms with Crippen molar-refractivity contribution in [1.82, 2.24) is 5.32 Å². The molecule has 0 aromatic carbocycles. The Morgan fingerprint density at radius 1 is 1.12 bits per heavy atom. The van der Waals surface area contributed by atoms with Crippen LogP contribution < -0.4 is 5.32 Å². The lowest BCUT2D eigenvalue weighted by Gasteiger charge is -2.34. The molecule has 0 bridgehead atoms. The van der Waals surface area contributed by atoms with Crippen molar-refractivity contribution in [2.75, 3.05) is 6.26 Å². The lowest BCUT2D eigenvalue weighted by molar-refractivity contribution is 0.280. The minimum absolute atomic E-state index is 0.797. The molecule has 0 aromatic heterocycles. The minimum Gasteiger partial charge on any atom is -0.311 e. The van der Waals surface area contributed by atoms with E-state index in [4.69, 9.17) is 0 Å². The molecule has 0 aromatic rings. The van der Waals surface area contributed by atoms with Crippen LogP contribution in [0, 0.1) is 11.8 Å². The van der Waals surface area contributed by atoms with E-state index in [-0.39, 0.29) is 0 Å². The second kappa shape index (κ2) is 5.77. The van der Waals surface area contributed by atoms with Gasteiger partial charge in [-0.2, -0.15) is 11.8 Å². The van der Waals surface area contributed by atoms with Gasteiger partial charge in [-0.1, -0.05) is 20.3 Å². The fraction of sp³-hybridized carbons (Fsp3) is 1.00. The Hall–Kier alpha value is 0.310. The van der Waals surface area contributed by atoms with E-state index in [1.165, 1.54) is 38.5 Å². The summed E-state index contributed by atoms with van der Waals surface area (Å²) in [7, 11) is 0. The summed E-state index contributed by atoms with van der Waals surface area (Å²) in [4.78, 5) is 0. The van der Waals surface area contributed by atoms with Crippen LogP contribution in [0.1, 0.15) is 52.4 Å². The summed E-state index contributed by atoms with van der Waals surface area (Å²) in [5.74, 6) is 1.80. The summed E-state index contributed by atoms with van der Waals surface area (Å²) in [6.45, 7) is 4.76. The van der Waals surface area contributed by atoms with Crippen LogP contribution in [0.5, 0.6) is 0 Å². The average Bonchev–Trinajstić information content (AvgIpc) is 3.10. The topological polar surface area (TPSA) is 12.0 Å². The zero-order valence-electron chi connectivity index (χ0n) is 11.0. The van der Waals surface area contributed by atoms with Crippen LogP contribution in [0.15, 0.2) is 0 Å². The Morgan fingerprint density at radius 3 is 2.44 bits per heavy atom. The van der Waals surface area contributed by atoms with Crippen LogP contribution in [0.2, 0.25) is 0 Å². The lowest BCUT2D eigenvalue weighted by Crippen LogP contribution is -2.45. The van der Waals surface area contributed by atoms with Crippen LogP contribution in [-0.4, -0.2) is 23.6 Å². The highest BCUT2D eigenvalue weighted by Crippen LogP contribution is 2.37. The van der Waals surface area contributed by atoms with E-state index in [0.717, 1.165) is 29.2 Å². The molecule has 2 rings (SSSR count). The van der Waals surface area contributed by atoms with E-state index in [9.17, 15) is 0 Å². The van der Waals surface area contributed by atoms with Gasteiger partial charge >= 0.3 is 0 Å². The molecule has 0 saturated heterocycles. The maximum atomic E-state index is 3.97. The molecule has 0 radical (unpaired) electrons. The van der Waals surface area contributed by atoms with Crippen molar-refractivity contribution in [3.8, 4) is 0 Å². The van der Waals surface area contributed by atoms with Gasteiger partial charge in [0.1, 0.15) is 0 Å². The second-order valence-electron chi connectivity index (χ2n) is 6.00. The molecule has 1 nitrogen and oxygen atoms in total. The van der Waals surface area contributed by atoms with Crippen LogP contribution in [0.25, 0.3) is 0 Å². The van der Waals surface area contributed by atoms with Crippen LogP contribution in [0.4, 0.5) is 0 Å². The highest BCUT2D eigenvalue weighted by Gasteiger charge is 2.35. The smallest absolute Gasteiger partial charge is 0.0121 e. The minimum atomic E-state index is 0.797. The predicted molar refractivity (Wildman–Crippen MR) is 74.0 cm³/mol. The monoisotopic (exact) mass is 241 g/mol. The molecule has 2 saturated carbocycles. The highest BCUT2D eigenvalue weighted by molar-refractivity contribution is 7.99. The number of nitrogens with one attached hydrogen (secondary N) is 1. The summed E-state index contributed by atoms with van der Waals surface area (Å²) in [6.07, 6.45) is 10.9. The van der Waals surface area contributed by atoms with Crippen molar-refractivity contribution in [1.29, 1.82) is 0 Å². The van der Waals surface area contributed by atoms with Gasteiger partial charge in [-0.3, -0.25) is 0 Å². The molecule has 1 N–H and O–H groups in total. The van der Waals surface area contributed by atoms with Crippen molar-refractivity contribution in [2.24, 2.45) is 11.8 Å². The Labute approximate surface area is 105 Å². The van der Waals surface area contributed by atoms with Crippen molar-refractivity contribution in [3.05, 3.63) is 0 Å². The van der Waals surface area contributed by atoms with Gasteiger partial charge in [0.05, 0.1) is 0 Å². The molecular formula is C14H27NS. The van der Waals surface area contributed by atoms with Crippen LogP contribution in [0.3, 0.4) is 0 Å². The maximum absolute atomic E-state index is 3.97. The molecule has 2 heteroatoms. The predicted octanol–water partition coefficient (Wildman–Crippen LogP) is 3.68. The molecular weight excluding hydrogens is 214 g/mol. The molecule has 3 atom stereocenters. The fourth-order valence-electron chi connectivity index (χ4n) is 3.11. The van der Waals surface area contributed by atoms with Crippen LogP contribution in [-0.2, 0) is 0 Å². The highest BCUT2D eigenvalue weighted by atomic mass is 32.2. The normalized spacial score (nSPS) is 33.0. The van der Waals surface area contributed by atoms with E-state index in [0.29, 0.717) is 0 Å². The average molecular weight is 241 g/mol. The number of hydrogen-bond acceptors (Lipinski definition) is 2. The molecule has 2 fully saturated rings. The van der Waals surface area contributed by atoms with Crippen molar-refractivity contribution in [2.45, 2.75) is 69.7 Å². The van der Waals surface area contributed by atoms with E-state index < -0.39 is 0 Å². The summed E-state index contributed by atoms with van der Waals surface area (Å²) in [5, 5.41) is 4.88. The quantitative estimate of drug-likeness (QED) is 0.788. The van der Waals surface area contributed by atoms with Gasteiger partial charge < -0.3 is 5.32 Å². The first kappa shape index (κ1) is 12.8. The number of thioether (sulfide) groups is 1. The van der Waals surface area contributed by atoms with E-state index >= 15 is 0 Å². The van der Waals surface area contributed by atoms with Crippen molar-refractivity contribution < 1.29 is 0 Å². The Morgan fingerprint density at radius 2 is 1.88 bits per heavy atom. The van der Waals surface area contributed by atoms with Gasteiger partial charge in [-0.05, 0) is 50.2 Å². The zero-order valence-corrected chi connectivity index (χ0v) is 11.9. The zero-order chi connectivity index (χ0) is 11.5. The Kier molecular flexibility index (Phi) is 4.60. The summed E-state index contributed by atoms with van der Waals surface area (Å²) in [6, 6.07) is 1.60. The van der Waals surface area contributed by atoms with E-state index in [1.807, 2.05) is 0 Å². The summed E-state index contributed by atoms with van der Waals surface area (Å²) < 4.78 is 0. The molecule has 2 aliphatic rings. The first-order chi connectivity index (χ1) is 7.70. The Balaban J connectivity index is 1.82. The standard InChI is InChI=1S/C14H27NS/c1-10(2)14(11-7-8-11)15-12-5-4-6-13(9-12)16-3/h10-15H,4-9H2,1-3H3. The molecule has 0 aliphatic heterocycles. The second-order valence-corrected chi connectivity index (χ2v) is 7.13. The van der Waals surface area contributed by atoms with Gasteiger partial charge in [0.15, 0.2) is 0 Å². The third-order valence-corrected chi connectivity index (χ3v) is 5.33. The largest absolute Gasteiger partial charge is 0.311 e. The fourth-order valence-corrected chi connectivity index (χ4v) is 3.94. The molecule has 0 spiro atoms. The molecule has 0 heterocycles. The van der Waals surface area contributed by atoms with E-state index in [2.05, 4.69) is 37.2 Å². The molecule has 16 heavy (non-hydrogen) atoms. The van der Waals surface area contributed by atoms with Crippen molar-refractivity contribution in [3.63, 3.8) is 0 Å². The molecule has 3 unspecified atom stereocenters. The SMILES string of the molecule is CSC1CCCC(NC(C(C)C)C2CC2)C1. The van der Waals surface area contributed by atoms with Crippen LogP contribution >= 0.6 is 11.8 Å². The van der Waals surface area contributed by atoms with E-state index in [1.54, 1.807) is 0 Å². The van der Waals surface area contributed by atoms with Gasteiger partial charge in [-0.25, -0.2) is 0 Å². The third-order valence-electron chi connectivity index (χ3n) is 4.24. The lowest BCUT2D eigenvalue weighted by atomic mass is 9.91. The molecule has 0 amide bonds. The number of hydrogen-bond donors (Lipinski definition) is 1. The van der Waals surface area contributed by atoms with Gasteiger partial charge in [0.25, 0.3) is 0 Å². The molecule has 2 aliphatic carbocycles. The van der Waals surface area contributed by atoms with Gasteiger partial charge in [0, 0.05) is 17.3 Å². The molecule has 94 valence electrons. The first-order valence-electron chi connectivity index (χ1n) is 6.99. The first-order valence-corrected chi connectivity index (χ1v) is 8.28. The summed E-state index contributed by atoms with van der Waals surface area (Å²) >= 11 is 2.07. The van der Waals surface area contributed by atoms with Crippen molar-refractivity contribution >= 4 is 11.8 Å². The Bertz CT molecular complexity index is 211. The number of rotatable bonds is 5. The van der Waals surface area contributed by atoms with Gasteiger partial charge in [0.2, 0.25) is 0 Å². The van der Waals surface area contributed by atoms with Gasteiger partial charge in [-0.15, -0.1) is 0 Å². The maximum Gasteiger partial charge on any atom is 0.0121 e.